The minimum absolute atomic E-state index is 0.149. The van der Waals surface area contributed by atoms with Gasteiger partial charge in [-0.2, -0.15) is 4.58 Å². The Morgan fingerprint density at radius 1 is 0.831 bits per heavy atom. The van der Waals surface area contributed by atoms with E-state index in [1.807, 2.05) is 16.7 Å². The molecule has 0 saturated heterocycles. The van der Waals surface area contributed by atoms with Gasteiger partial charge in [-0.25, -0.2) is 25.3 Å². The van der Waals surface area contributed by atoms with Gasteiger partial charge in [0.25, 0.3) is 0 Å². The molecule has 0 spiro atoms. The fourth-order valence-corrected chi connectivity index (χ4v) is 11.5. The summed E-state index contributed by atoms with van der Waals surface area (Å²) in [4.78, 5) is 1.89. The molecular formula is C39H43N2O14S4-3. The van der Waals surface area contributed by atoms with Gasteiger partial charge in [0.15, 0.2) is 12.3 Å². The zero-order valence-electron chi connectivity index (χ0n) is 31.9. The van der Waals surface area contributed by atoms with Crippen LogP contribution < -0.4 is 10.2 Å². The number of methoxy groups -OCH3 is 1. The maximum atomic E-state index is 12.0. The molecule has 2 heterocycles. The normalized spacial score (nSPS) is 23.4. The van der Waals surface area contributed by atoms with Crippen molar-refractivity contribution in [1.82, 2.24) is 0 Å². The molecule has 20 heteroatoms. The summed E-state index contributed by atoms with van der Waals surface area (Å²) in [5, 5.41) is 32.6. The van der Waals surface area contributed by atoms with Crippen molar-refractivity contribution >= 4 is 59.5 Å². The fraction of sp³-hybridized carbons (Fsp3) is 0.462. The molecule has 16 nitrogen and oxygen atoms in total. The van der Waals surface area contributed by atoms with Crippen LogP contribution in [0.25, 0.3) is 0 Å². The minimum atomic E-state index is -4.80. The number of aliphatic hydroxyl groups is 2. The molecule has 7 rings (SSSR count). The fourth-order valence-electron chi connectivity index (χ4n) is 9.46. The Hall–Kier alpha value is -3.41. The lowest BCUT2D eigenvalue weighted by Crippen LogP contribution is -2.35. The summed E-state index contributed by atoms with van der Waals surface area (Å²) < 4.78 is 118. The number of β-amino-alcohol motifs (C(OH)–C–C–N with tert-alkyl or cyclic N) is 2. The lowest BCUT2D eigenvalue weighted by molar-refractivity contribution is -0.630. The number of hydrogen-bond acceptors (Lipinski definition) is 16. The van der Waals surface area contributed by atoms with E-state index in [-0.39, 0.29) is 24.9 Å². The maximum absolute atomic E-state index is 12.0. The predicted molar refractivity (Wildman–Crippen MR) is 210 cm³/mol. The molecule has 2 aliphatic heterocycles. The van der Waals surface area contributed by atoms with E-state index in [9.17, 15) is 54.4 Å². The Labute approximate surface area is 347 Å². The van der Waals surface area contributed by atoms with E-state index in [4.69, 9.17) is 4.74 Å². The topological polar surface area (TPSA) is 260 Å². The first kappa shape index (κ1) is 43.7. The Kier molecular flexibility index (Phi) is 12.7. The lowest BCUT2D eigenvalue weighted by atomic mass is 9.79. The Morgan fingerprint density at radius 2 is 1.49 bits per heavy atom. The van der Waals surface area contributed by atoms with Crippen molar-refractivity contribution in [2.45, 2.75) is 91.6 Å². The van der Waals surface area contributed by atoms with Crippen LogP contribution in [0.4, 0.5) is 11.4 Å². The molecule has 0 bridgehead atoms. The highest BCUT2D eigenvalue weighted by Gasteiger charge is 2.44. The first-order valence-electron chi connectivity index (χ1n) is 19.1. The second-order valence-electron chi connectivity index (χ2n) is 15.5. The smallest absolute Gasteiger partial charge is 0.209 e. The Balaban J connectivity index is 1.32. The molecule has 320 valence electrons. The zero-order chi connectivity index (χ0) is 42.4. The Bertz CT molecular complexity index is 2530. The highest BCUT2D eigenvalue weighted by atomic mass is 32.2. The Morgan fingerprint density at radius 3 is 2.19 bits per heavy atom. The molecule has 59 heavy (non-hydrogen) atoms. The van der Waals surface area contributed by atoms with Gasteiger partial charge in [0.05, 0.1) is 55.8 Å². The van der Waals surface area contributed by atoms with Crippen molar-refractivity contribution in [2.24, 2.45) is 0 Å². The number of fused-ring (bicyclic) bond motifs is 6. The van der Waals surface area contributed by atoms with Gasteiger partial charge in [0.2, 0.25) is 5.69 Å². The van der Waals surface area contributed by atoms with Gasteiger partial charge in [-0.05, 0) is 116 Å². The lowest BCUT2D eigenvalue weighted by Gasteiger charge is -2.31. The summed E-state index contributed by atoms with van der Waals surface area (Å²) in [5.74, 6) is -1.88. The van der Waals surface area contributed by atoms with Crippen LogP contribution in [0.2, 0.25) is 0 Å². The summed E-state index contributed by atoms with van der Waals surface area (Å²) in [7, 11) is -12.7. The van der Waals surface area contributed by atoms with Crippen LogP contribution in [0.5, 0.6) is 0 Å². The maximum Gasteiger partial charge on any atom is 0.209 e. The average molecular weight is 892 g/mol. The third kappa shape index (κ3) is 9.57. The quantitative estimate of drug-likeness (QED) is 0.0908. The van der Waals surface area contributed by atoms with Gasteiger partial charge >= 0.3 is 0 Å². The number of allylic oxidation sites excluding steroid dienone is 7. The summed E-state index contributed by atoms with van der Waals surface area (Å²) in [6.07, 6.45) is 7.17. The van der Waals surface area contributed by atoms with E-state index in [2.05, 4.69) is 10.4 Å². The third-order valence-corrected chi connectivity index (χ3v) is 14.4. The number of aliphatic hydroxyl groups excluding tert-OH is 2. The molecule has 3 aliphatic carbocycles. The average Bonchev–Trinajstić information content (AvgIpc) is 3.62. The van der Waals surface area contributed by atoms with Crippen molar-refractivity contribution in [3.05, 3.63) is 93.4 Å². The van der Waals surface area contributed by atoms with Crippen LogP contribution in [0.15, 0.2) is 92.1 Å². The van der Waals surface area contributed by atoms with Crippen LogP contribution in [0.1, 0.15) is 80.8 Å². The molecular weight excluding hydrogens is 849 g/mol. The van der Waals surface area contributed by atoms with Crippen LogP contribution in [0, 0.1) is 0 Å². The van der Waals surface area contributed by atoms with Gasteiger partial charge < -0.3 is 43.1 Å². The van der Waals surface area contributed by atoms with Crippen LogP contribution in [0.3, 0.4) is 0 Å². The van der Waals surface area contributed by atoms with Gasteiger partial charge in [0, 0.05) is 58.0 Å². The molecule has 0 amide bonds. The largest absolute Gasteiger partial charge is 0.748 e. The number of rotatable bonds is 14. The van der Waals surface area contributed by atoms with E-state index < -0.39 is 59.0 Å². The van der Waals surface area contributed by atoms with Crippen LogP contribution in [-0.2, 0) is 39.4 Å². The number of nitrogens with zero attached hydrogens (tertiary/aromatic N) is 2. The highest BCUT2D eigenvalue weighted by Crippen LogP contribution is 2.52. The van der Waals surface area contributed by atoms with E-state index in [1.165, 1.54) is 18.2 Å². The van der Waals surface area contributed by atoms with Crippen LogP contribution in [-0.4, -0.2) is 103 Å². The van der Waals surface area contributed by atoms with Crippen molar-refractivity contribution < 1.29 is 68.0 Å². The third-order valence-electron chi connectivity index (χ3n) is 11.5. The molecule has 2 aromatic carbocycles. The van der Waals surface area contributed by atoms with E-state index in [1.54, 1.807) is 24.1 Å². The molecule has 2 N–H and O–H groups in total. The molecule has 4 atom stereocenters. The zero-order valence-corrected chi connectivity index (χ0v) is 35.2. The SMILES string of the molecule is COC1=C(/C=C2\CCCC3C2=[N+](CC(O)CS(=O)(=O)[O-])c2ccc(SO[O-])cc23)CCC/C1=C\C1=C2C(CCC1)c1cc(S(=O)(=O)[O-])ccc1N2CC(O)CS(=O)(=O)[O-]. The number of anilines is 1. The molecule has 2 aromatic rings. The summed E-state index contributed by atoms with van der Waals surface area (Å²) in [5.41, 5.74) is 7.79. The summed E-state index contributed by atoms with van der Waals surface area (Å²) >= 11 is 0.668. The van der Waals surface area contributed by atoms with Crippen LogP contribution >= 0.6 is 12.0 Å². The first-order chi connectivity index (χ1) is 27.8. The monoisotopic (exact) mass is 891 g/mol. The first-order valence-corrected chi connectivity index (χ1v) is 24.4. The molecule has 1 saturated carbocycles. The highest BCUT2D eigenvalue weighted by molar-refractivity contribution is 7.94. The van der Waals surface area contributed by atoms with Gasteiger partial charge in [-0.1, -0.05) is 6.08 Å². The second kappa shape index (κ2) is 17.2. The van der Waals surface area contributed by atoms with Gasteiger partial charge in [0.1, 0.15) is 22.0 Å². The molecule has 4 unspecified atom stereocenters. The van der Waals surface area contributed by atoms with E-state index in [0.29, 0.717) is 78.2 Å². The minimum Gasteiger partial charge on any atom is -0.748 e. The van der Waals surface area contributed by atoms with Crippen molar-refractivity contribution in [3.63, 3.8) is 0 Å². The molecule has 0 radical (unpaired) electrons. The van der Waals surface area contributed by atoms with Gasteiger partial charge in [-0.3, -0.25) is 0 Å². The molecule has 0 aromatic heterocycles. The number of ether oxygens (including phenoxy) is 1. The standard InChI is InChI=1S/C39H46N2O14S4/c1-54-39-25(15-23-5-3-9-31-33-17-29(56-55-44)11-13-35(33)40(37(23)31)19-27(42)21-57(45,46)47)7-2-8-26(39)16-24-6-4-10-32-34-18-30(59(51,52)53)12-14-36(34)41(38(24)32)20-28(43)22-58(48,49)50/h11-18,27-28,31-32,42-43H,2-10,19-22H2,1H3,(H3-,44,45,46,47,48,49,50,51,52,53)/p-3. The molecule has 5 aliphatic rings. The van der Waals surface area contributed by atoms with E-state index in [0.717, 1.165) is 58.5 Å². The van der Waals surface area contributed by atoms with E-state index >= 15 is 0 Å². The van der Waals surface area contributed by atoms with Gasteiger partial charge in [-0.15, -0.1) is 0 Å². The van der Waals surface area contributed by atoms with Crippen molar-refractivity contribution in [1.29, 1.82) is 0 Å². The summed E-state index contributed by atoms with van der Waals surface area (Å²) in [6.45, 7) is -0.419. The van der Waals surface area contributed by atoms with Crippen molar-refractivity contribution in [2.75, 3.05) is 36.6 Å². The molecule has 1 fully saturated rings. The second-order valence-corrected chi connectivity index (χ2v) is 20.5. The number of hydrogen-bond donors (Lipinski definition) is 2. The predicted octanol–water partition coefficient (Wildman–Crippen LogP) is 3.05. The number of benzene rings is 2. The van der Waals surface area contributed by atoms with Crippen molar-refractivity contribution in [3.8, 4) is 0 Å². The summed E-state index contributed by atoms with van der Waals surface area (Å²) in [6, 6.07) is 9.31.